The lowest BCUT2D eigenvalue weighted by Gasteiger charge is -2.34. The van der Waals surface area contributed by atoms with E-state index in [-0.39, 0.29) is 41.2 Å². The highest BCUT2D eigenvalue weighted by Crippen LogP contribution is 2.48. The zero-order valence-electron chi connectivity index (χ0n) is 24.2. The van der Waals surface area contributed by atoms with Crippen molar-refractivity contribution >= 4 is 17.5 Å². The molecule has 3 aromatic heterocycles. The Balaban J connectivity index is 1.54. The van der Waals surface area contributed by atoms with Crippen LogP contribution in [0.2, 0.25) is 0 Å². The summed E-state index contributed by atoms with van der Waals surface area (Å²) in [7, 11) is 0. The van der Waals surface area contributed by atoms with Crippen molar-refractivity contribution in [2.75, 3.05) is 6.61 Å². The Morgan fingerprint density at radius 3 is 2.37 bits per heavy atom. The molecule has 2 fully saturated rings. The molecule has 0 aromatic carbocycles. The van der Waals surface area contributed by atoms with Crippen molar-refractivity contribution in [1.29, 1.82) is 0 Å². The summed E-state index contributed by atoms with van der Waals surface area (Å²) in [6.07, 6.45) is -7.06. The van der Waals surface area contributed by atoms with Crippen LogP contribution in [0.15, 0.2) is 30.7 Å². The van der Waals surface area contributed by atoms with E-state index in [4.69, 9.17) is 10.5 Å². The summed E-state index contributed by atoms with van der Waals surface area (Å²) in [4.78, 5) is 33.4. The molecule has 0 saturated heterocycles. The van der Waals surface area contributed by atoms with Gasteiger partial charge in [-0.1, -0.05) is 0 Å². The fraction of sp³-hybridized carbons (Fsp3) is 0.552. The number of rotatable bonds is 11. The summed E-state index contributed by atoms with van der Waals surface area (Å²) >= 11 is 0. The number of aromatic nitrogens is 4. The maximum Gasteiger partial charge on any atom is 0.422 e. The van der Waals surface area contributed by atoms with Gasteiger partial charge in [0.1, 0.15) is 0 Å². The van der Waals surface area contributed by atoms with E-state index in [0.29, 0.717) is 5.56 Å². The molecule has 0 bridgehead atoms. The zero-order valence-corrected chi connectivity index (χ0v) is 24.2. The number of primary amides is 1. The van der Waals surface area contributed by atoms with E-state index in [1.807, 2.05) is 0 Å². The SMILES string of the molecule is NC(=O)c1ccnc(OCC(F)(F)F)c1[C@@H](c1cn2ncc([C@H](NC(=O)CCC(F)(F)F)C3CC3)cc2n1)C1CCC(F)(F)CC1. The second kappa shape index (κ2) is 12.6. The van der Waals surface area contributed by atoms with Crippen LogP contribution in [0.4, 0.5) is 35.1 Å². The van der Waals surface area contributed by atoms with E-state index >= 15 is 0 Å². The molecule has 250 valence electrons. The predicted octanol–water partition coefficient (Wildman–Crippen LogP) is 6.03. The third-order valence-corrected chi connectivity index (χ3v) is 8.22. The monoisotopic (exact) mass is 662 g/mol. The van der Waals surface area contributed by atoms with Gasteiger partial charge >= 0.3 is 12.4 Å². The quantitative estimate of drug-likeness (QED) is 0.242. The van der Waals surface area contributed by atoms with Crippen molar-refractivity contribution in [3.05, 3.63) is 53.1 Å². The molecule has 2 aliphatic carbocycles. The van der Waals surface area contributed by atoms with Crippen LogP contribution < -0.4 is 15.8 Å². The lowest BCUT2D eigenvalue weighted by molar-refractivity contribution is -0.154. The molecule has 2 aliphatic rings. The minimum Gasteiger partial charge on any atom is -0.468 e. The Labute approximate surface area is 256 Å². The van der Waals surface area contributed by atoms with Gasteiger partial charge in [0.05, 0.1) is 30.6 Å². The van der Waals surface area contributed by atoms with Crippen LogP contribution in [0.1, 0.15) is 90.5 Å². The molecule has 0 aliphatic heterocycles. The summed E-state index contributed by atoms with van der Waals surface area (Å²) < 4.78 is 112. The summed E-state index contributed by atoms with van der Waals surface area (Å²) in [5.74, 6) is -7.00. The average Bonchev–Trinajstić information content (AvgIpc) is 3.72. The molecular weight excluding hydrogens is 632 g/mol. The van der Waals surface area contributed by atoms with E-state index in [2.05, 4.69) is 20.4 Å². The third-order valence-electron chi connectivity index (χ3n) is 8.22. The molecule has 3 N–H and O–H groups in total. The second-order valence-electron chi connectivity index (χ2n) is 11.8. The highest BCUT2D eigenvalue weighted by atomic mass is 19.4. The van der Waals surface area contributed by atoms with E-state index in [0.717, 1.165) is 19.0 Å². The van der Waals surface area contributed by atoms with Crippen LogP contribution >= 0.6 is 0 Å². The molecule has 2 saturated carbocycles. The fourth-order valence-corrected chi connectivity index (χ4v) is 5.89. The molecule has 3 aromatic rings. The fourth-order valence-electron chi connectivity index (χ4n) is 5.89. The number of fused-ring (bicyclic) bond motifs is 1. The first-order chi connectivity index (χ1) is 21.5. The van der Waals surface area contributed by atoms with E-state index in [1.165, 1.54) is 23.0 Å². The number of imidazole rings is 1. The smallest absolute Gasteiger partial charge is 0.422 e. The van der Waals surface area contributed by atoms with E-state index in [9.17, 15) is 44.7 Å². The predicted molar refractivity (Wildman–Crippen MR) is 145 cm³/mol. The maximum absolute atomic E-state index is 14.2. The van der Waals surface area contributed by atoms with E-state index < -0.39 is 86.1 Å². The van der Waals surface area contributed by atoms with Gasteiger partial charge in [-0.15, -0.1) is 0 Å². The van der Waals surface area contributed by atoms with Gasteiger partial charge < -0.3 is 15.8 Å². The second-order valence-corrected chi connectivity index (χ2v) is 11.8. The molecule has 5 rings (SSSR count). The van der Waals surface area contributed by atoms with Gasteiger partial charge in [-0.05, 0) is 55.2 Å². The van der Waals surface area contributed by atoms with Crippen LogP contribution in [-0.4, -0.2) is 56.3 Å². The number of nitrogens with two attached hydrogens (primary N) is 1. The van der Waals surface area contributed by atoms with Crippen LogP contribution in [0, 0.1) is 11.8 Å². The van der Waals surface area contributed by atoms with Crippen molar-refractivity contribution < 1.29 is 49.4 Å². The number of hydrogen-bond acceptors (Lipinski definition) is 6. The number of pyridine rings is 1. The first kappa shape index (κ1) is 33.3. The molecule has 0 spiro atoms. The Morgan fingerprint density at radius 1 is 1.07 bits per heavy atom. The van der Waals surface area contributed by atoms with Crippen LogP contribution in [0.3, 0.4) is 0 Å². The van der Waals surface area contributed by atoms with Crippen molar-refractivity contribution in [3.8, 4) is 5.88 Å². The van der Waals surface area contributed by atoms with Gasteiger partial charge in [0.25, 0.3) is 0 Å². The van der Waals surface area contributed by atoms with Crippen LogP contribution in [0.25, 0.3) is 5.65 Å². The van der Waals surface area contributed by atoms with Gasteiger partial charge in [0, 0.05) is 42.5 Å². The van der Waals surface area contributed by atoms with Gasteiger partial charge in [0.15, 0.2) is 12.3 Å². The van der Waals surface area contributed by atoms with Gasteiger partial charge in [-0.2, -0.15) is 31.4 Å². The van der Waals surface area contributed by atoms with Gasteiger partial charge in [-0.3, -0.25) is 9.59 Å². The Kier molecular flexibility index (Phi) is 9.14. The number of carbonyl (C=O) groups is 2. The average molecular weight is 663 g/mol. The van der Waals surface area contributed by atoms with Crippen molar-refractivity contribution in [2.45, 2.75) is 81.6 Å². The number of alkyl halides is 8. The van der Waals surface area contributed by atoms with Crippen LogP contribution in [-0.2, 0) is 4.79 Å². The van der Waals surface area contributed by atoms with E-state index in [1.54, 1.807) is 6.07 Å². The zero-order chi connectivity index (χ0) is 33.4. The first-order valence-electron chi connectivity index (χ1n) is 14.6. The number of halogens is 8. The number of nitrogens with zero attached hydrogens (tertiary/aromatic N) is 4. The topological polar surface area (TPSA) is 125 Å². The standard InChI is InChI=1S/C29H30F8N6O3/c30-27(31)7-3-15(4-8-27)22(23-18(25(38)45)6-10-39-26(23)46-14-29(35,36)37)19-13-43-20(41-19)11-17(12-40-43)24(16-1-2-16)42-21(44)5-9-28(32,33)34/h6,10-13,15-16,22,24H,1-5,7-9,14H2,(H2,38,45)(H,42,44)/t22-,24-/m1/s1. The number of carbonyl (C=O) groups excluding carboxylic acids is 2. The third kappa shape index (κ3) is 8.20. The molecule has 3 heterocycles. The molecule has 2 amide bonds. The minimum atomic E-state index is -4.76. The summed E-state index contributed by atoms with van der Waals surface area (Å²) in [6.45, 7) is -1.74. The molecule has 0 unspecified atom stereocenters. The molecular formula is C29H30F8N6O3. The molecule has 2 atom stereocenters. The number of amides is 2. The summed E-state index contributed by atoms with van der Waals surface area (Å²) in [5.41, 5.74) is 6.11. The van der Waals surface area contributed by atoms with Gasteiger partial charge in [-0.25, -0.2) is 23.3 Å². The number of ether oxygens (including phenoxy) is 1. The molecule has 46 heavy (non-hydrogen) atoms. The Hall–Kier alpha value is -4.05. The van der Waals surface area contributed by atoms with Crippen LogP contribution in [0.5, 0.6) is 5.88 Å². The molecule has 0 radical (unpaired) electrons. The summed E-state index contributed by atoms with van der Waals surface area (Å²) in [6, 6.07) is 2.13. The Morgan fingerprint density at radius 2 is 1.76 bits per heavy atom. The van der Waals surface area contributed by atoms with Crippen molar-refractivity contribution in [2.24, 2.45) is 17.6 Å². The molecule has 17 heteroatoms. The number of hydrogen-bond donors (Lipinski definition) is 2. The normalized spacial score (nSPS) is 18.7. The highest BCUT2D eigenvalue weighted by Gasteiger charge is 2.42. The van der Waals surface area contributed by atoms with Crippen molar-refractivity contribution in [3.63, 3.8) is 0 Å². The largest absolute Gasteiger partial charge is 0.468 e. The lowest BCUT2D eigenvalue weighted by atomic mass is 9.73. The lowest BCUT2D eigenvalue weighted by Crippen LogP contribution is -2.30. The summed E-state index contributed by atoms with van der Waals surface area (Å²) in [5, 5.41) is 6.98. The van der Waals surface area contributed by atoms with Crippen molar-refractivity contribution in [1.82, 2.24) is 24.9 Å². The molecule has 9 nitrogen and oxygen atoms in total. The maximum atomic E-state index is 14.2. The van der Waals surface area contributed by atoms with Gasteiger partial charge in [0.2, 0.25) is 23.6 Å². The first-order valence-corrected chi connectivity index (χ1v) is 14.6. The highest BCUT2D eigenvalue weighted by molar-refractivity contribution is 5.95. The Bertz CT molecular complexity index is 1580. The minimum absolute atomic E-state index is 0.0352. The number of nitrogens with one attached hydrogen (secondary N) is 1.